The number of aromatic nitrogens is 1. The van der Waals surface area contributed by atoms with Gasteiger partial charge in [0.15, 0.2) is 0 Å². The Labute approximate surface area is 138 Å². The molecule has 1 aromatic heterocycles. The number of nitrogens with zero attached hydrogens (tertiary/aromatic N) is 3. The van der Waals surface area contributed by atoms with E-state index in [1.54, 1.807) is 37.1 Å². The maximum Gasteiger partial charge on any atom is 0.292 e. The van der Waals surface area contributed by atoms with Crippen LogP contribution in [0.25, 0.3) is 0 Å². The van der Waals surface area contributed by atoms with E-state index in [0.29, 0.717) is 29.4 Å². The van der Waals surface area contributed by atoms with Gasteiger partial charge in [-0.25, -0.2) is 0 Å². The van der Waals surface area contributed by atoms with Crippen molar-refractivity contribution in [3.8, 4) is 0 Å². The molecular formula is C16H16ClN3O3. The highest BCUT2D eigenvalue weighted by molar-refractivity contribution is 6.34. The topological polar surface area (TPSA) is 66.7 Å². The van der Waals surface area contributed by atoms with Crippen molar-refractivity contribution in [3.63, 3.8) is 0 Å². The third-order valence-electron chi connectivity index (χ3n) is 3.95. The molecule has 2 aromatic rings. The van der Waals surface area contributed by atoms with E-state index in [9.17, 15) is 9.59 Å². The van der Waals surface area contributed by atoms with Crippen LogP contribution in [0.3, 0.4) is 0 Å². The van der Waals surface area contributed by atoms with Crippen LogP contribution in [0, 0.1) is 6.92 Å². The Morgan fingerprint density at radius 3 is 2.83 bits per heavy atom. The van der Waals surface area contributed by atoms with Gasteiger partial charge in [-0.1, -0.05) is 28.9 Å². The van der Waals surface area contributed by atoms with Crippen molar-refractivity contribution < 1.29 is 14.1 Å². The lowest BCUT2D eigenvalue weighted by Gasteiger charge is -2.23. The largest absolute Gasteiger partial charge is 0.351 e. The molecule has 0 aliphatic carbocycles. The number of hydrogen-bond acceptors (Lipinski definition) is 4. The number of aryl methyl sites for hydroxylation is 1. The highest BCUT2D eigenvalue weighted by atomic mass is 35.5. The second-order valence-electron chi connectivity index (χ2n) is 5.49. The summed E-state index contributed by atoms with van der Waals surface area (Å²) in [6.07, 6.45) is 0.541. The molecule has 1 aliphatic rings. The Hall–Kier alpha value is -2.34. The van der Waals surface area contributed by atoms with Crippen molar-refractivity contribution in [3.05, 3.63) is 46.8 Å². The number of anilines is 1. The molecule has 3 rings (SSSR count). The van der Waals surface area contributed by atoms with Crippen LogP contribution in [0.2, 0.25) is 5.02 Å². The molecule has 6 nitrogen and oxygen atoms in total. The third kappa shape index (κ3) is 2.82. The van der Waals surface area contributed by atoms with Crippen LogP contribution >= 0.6 is 11.6 Å². The third-order valence-corrected chi connectivity index (χ3v) is 4.27. The lowest BCUT2D eigenvalue weighted by atomic mass is 10.2. The van der Waals surface area contributed by atoms with Gasteiger partial charge in [0.05, 0.1) is 16.4 Å². The zero-order valence-electron chi connectivity index (χ0n) is 12.8. The van der Waals surface area contributed by atoms with Gasteiger partial charge in [0.25, 0.3) is 5.91 Å². The number of rotatable bonds is 3. The Morgan fingerprint density at radius 2 is 2.17 bits per heavy atom. The van der Waals surface area contributed by atoms with Gasteiger partial charge in [-0.15, -0.1) is 0 Å². The lowest BCUT2D eigenvalue weighted by Crippen LogP contribution is -2.42. The van der Waals surface area contributed by atoms with Gasteiger partial charge in [0, 0.05) is 19.7 Å². The van der Waals surface area contributed by atoms with Crippen molar-refractivity contribution >= 4 is 29.1 Å². The Morgan fingerprint density at radius 1 is 1.43 bits per heavy atom. The molecule has 1 atom stereocenters. The van der Waals surface area contributed by atoms with E-state index < -0.39 is 6.04 Å². The summed E-state index contributed by atoms with van der Waals surface area (Å²) in [4.78, 5) is 28.1. The van der Waals surface area contributed by atoms with Gasteiger partial charge in [-0.3, -0.25) is 9.59 Å². The smallest absolute Gasteiger partial charge is 0.292 e. The summed E-state index contributed by atoms with van der Waals surface area (Å²) in [5.41, 5.74) is 1.29. The Bertz CT molecular complexity index is 759. The first-order valence-electron chi connectivity index (χ1n) is 7.25. The molecule has 0 bridgehead atoms. The highest BCUT2D eigenvalue weighted by Gasteiger charge is 2.38. The predicted octanol–water partition coefficient (Wildman–Crippen LogP) is 2.51. The molecule has 23 heavy (non-hydrogen) atoms. The number of likely N-dealkylation sites (N-methyl/N-ethyl adjacent to an activating group) is 1. The standard InChI is InChI=1S/C16H16ClN3O3/c1-10-9-14(23-18-10)16(22)19(2)13-7-8-20(15(13)21)12-6-4-3-5-11(12)17/h3-6,9,13H,7-8H2,1-2H3/t13-/m0/s1. The molecule has 0 N–H and O–H groups in total. The number of benzene rings is 1. The summed E-state index contributed by atoms with van der Waals surface area (Å²) in [6.45, 7) is 2.25. The van der Waals surface area contributed by atoms with Gasteiger partial charge in [-0.2, -0.15) is 0 Å². The zero-order chi connectivity index (χ0) is 16.6. The molecule has 1 saturated heterocycles. The van der Waals surface area contributed by atoms with E-state index in [4.69, 9.17) is 16.1 Å². The van der Waals surface area contributed by atoms with E-state index >= 15 is 0 Å². The molecule has 0 radical (unpaired) electrons. The molecule has 0 unspecified atom stereocenters. The monoisotopic (exact) mass is 333 g/mol. The highest BCUT2D eigenvalue weighted by Crippen LogP contribution is 2.30. The van der Waals surface area contributed by atoms with Gasteiger partial charge in [-0.05, 0) is 25.5 Å². The fraction of sp³-hybridized carbons (Fsp3) is 0.312. The van der Waals surface area contributed by atoms with Crippen molar-refractivity contribution in [2.45, 2.75) is 19.4 Å². The van der Waals surface area contributed by atoms with Gasteiger partial charge in [0.1, 0.15) is 6.04 Å². The Kier molecular flexibility index (Phi) is 4.09. The molecular weight excluding hydrogens is 318 g/mol. The lowest BCUT2D eigenvalue weighted by molar-refractivity contribution is -0.120. The first kappa shape index (κ1) is 15.6. The molecule has 1 aliphatic heterocycles. The fourth-order valence-electron chi connectivity index (χ4n) is 2.71. The van der Waals surface area contributed by atoms with Gasteiger partial charge < -0.3 is 14.3 Å². The Balaban J connectivity index is 1.79. The van der Waals surface area contributed by atoms with Crippen LogP contribution in [-0.2, 0) is 4.79 Å². The van der Waals surface area contributed by atoms with Crippen LogP contribution in [0.15, 0.2) is 34.9 Å². The summed E-state index contributed by atoms with van der Waals surface area (Å²) >= 11 is 6.16. The van der Waals surface area contributed by atoms with Crippen molar-refractivity contribution in [2.24, 2.45) is 0 Å². The first-order chi connectivity index (χ1) is 11.0. The van der Waals surface area contributed by atoms with E-state index in [-0.39, 0.29) is 17.6 Å². The van der Waals surface area contributed by atoms with E-state index in [1.807, 2.05) is 12.1 Å². The van der Waals surface area contributed by atoms with Gasteiger partial charge >= 0.3 is 0 Å². The number of para-hydroxylation sites is 1. The molecule has 120 valence electrons. The van der Waals surface area contributed by atoms with Crippen LogP contribution in [0.4, 0.5) is 5.69 Å². The maximum atomic E-state index is 12.7. The van der Waals surface area contributed by atoms with Crippen molar-refractivity contribution in [2.75, 3.05) is 18.5 Å². The summed E-state index contributed by atoms with van der Waals surface area (Å²) in [6, 6.07) is 8.20. The van der Waals surface area contributed by atoms with E-state index in [0.717, 1.165) is 0 Å². The fourth-order valence-corrected chi connectivity index (χ4v) is 2.95. The molecule has 0 saturated carbocycles. The maximum absolute atomic E-state index is 12.7. The summed E-state index contributed by atoms with van der Waals surface area (Å²) in [7, 11) is 1.60. The normalized spacial score (nSPS) is 17.6. The molecule has 2 amide bonds. The van der Waals surface area contributed by atoms with E-state index in [1.165, 1.54) is 4.90 Å². The quantitative estimate of drug-likeness (QED) is 0.865. The second-order valence-corrected chi connectivity index (χ2v) is 5.90. The number of amides is 2. The number of carbonyl (C=O) groups is 2. The van der Waals surface area contributed by atoms with Crippen LogP contribution in [0.1, 0.15) is 22.7 Å². The molecule has 1 fully saturated rings. The minimum Gasteiger partial charge on any atom is -0.351 e. The van der Waals surface area contributed by atoms with E-state index in [2.05, 4.69) is 5.16 Å². The molecule has 0 spiro atoms. The average Bonchev–Trinajstić information content (AvgIpc) is 3.13. The van der Waals surface area contributed by atoms with Crippen molar-refractivity contribution in [1.82, 2.24) is 10.1 Å². The summed E-state index contributed by atoms with van der Waals surface area (Å²) < 4.78 is 4.99. The number of halogens is 1. The molecule has 1 aromatic carbocycles. The number of hydrogen-bond donors (Lipinski definition) is 0. The average molecular weight is 334 g/mol. The molecule has 7 heteroatoms. The minimum absolute atomic E-state index is 0.133. The van der Waals surface area contributed by atoms with Crippen molar-refractivity contribution in [1.29, 1.82) is 0 Å². The SMILES string of the molecule is Cc1cc(C(=O)N(C)[C@H]2CCN(c3ccccc3Cl)C2=O)on1. The van der Waals surface area contributed by atoms with Gasteiger partial charge in [0.2, 0.25) is 11.7 Å². The molecule has 2 heterocycles. The van der Waals surface area contributed by atoms with Crippen LogP contribution in [0.5, 0.6) is 0 Å². The summed E-state index contributed by atoms with van der Waals surface area (Å²) in [5.74, 6) is -0.371. The zero-order valence-corrected chi connectivity index (χ0v) is 13.6. The number of carbonyl (C=O) groups excluding carboxylic acids is 2. The summed E-state index contributed by atoms with van der Waals surface area (Å²) in [5, 5.41) is 4.22. The second kappa shape index (κ2) is 6.04. The predicted molar refractivity (Wildman–Crippen MR) is 85.5 cm³/mol. The van der Waals surface area contributed by atoms with Crippen LogP contribution < -0.4 is 4.90 Å². The van der Waals surface area contributed by atoms with Crippen LogP contribution in [-0.4, -0.2) is 41.5 Å². The minimum atomic E-state index is -0.538. The first-order valence-corrected chi connectivity index (χ1v) is 7.63.